The fourth-order valence-electron chi connectivity index (χ4n) is 3.89. The molecule has 4 N–H and O–H groups in total. The Balaban J connectivity index is 1.82. The first-order valence-electron chi connectivity index (χ1n) is 9.98. The SMILES string of the molecule is COc1cc(N)c(Cl)cc1C(=O)NCC1(Nc2ccc(F)cc2Cl)CCCCCC1. The van der Waals surface area contributed by atoms with Crippen molar-refractivity contribution in [3.05, 3.63) is 51.8 Å². The van der Waals surface area contributed by atoms with E-state index in [1.165, 1.54) is 31.4 Å². The van der Waals surface area contributed by atoms with Crippen molar-refractivity contribution in [3.63, 3.8) is 0 Å². The summed E-state index contributed by atoms with van der Waals surface area (Å²) in [5, 5.41) is 7.12. The lowest BCUT2D eigenvalue weighted by Crippen LogP contribution is -2.48. The van der Waals surface area contributed by atoms with Gasteiger partial charge in [-0.05, 0) is 37.1 Å². The molecule has 1 amide bonds. The highest BCUT2D eigenvalue weighted by molar-refractivity contribution is 6.33. The molecule has 1 aliphatic rings. The number of nitrogen functional groups attached to an aromatic ring is 1. The number of halogens is 3. The van der Waals surface area contributed by atoms with Gasteiger partial charge in [-0.1, -0.05) is 48.9 Å². The number of ether oxygens (including phenoxy) is 1. The van der Waals surface area contributed by atoms with E-state index in [0.29, 0.717) is 39.3 Å². The second-order valence-corrected chi connectivity index (χ2v) is 8.51. The Kier molecular flexibility index (Phi) is 7.32. The second-order valence-electron chi connectivity index (χ2n) is 7.70. The van der Waals surface area contributed by atoms with Crippen LogP contribution in [0, 0.1) is 5.82 Å². The summed E-state index contributed by atoms with van der Waals surface area (Å²) >= 11 is 12.4. The van der Waals surface area contributed by atoms with Crippen molar-refractivity contribution in [2.24, 2.45) is 0 Å². The molecule has 0 saturated heterocycles. The van der Waals surface area contributed by atoms with E-state index in [1.807, 2.05) is 0 Å². The molecule has 0 spiro atoms. The minimum atomic E-state index is -0.390. The molecule has 1 aliphatic carbocycles. The van der Waals surface area contributed by atoms with E-state index in [-0.39, 0.29) is 11.7 Å². The van der Waals surface area contributed by atoms with E-state index in [4.69, 9.17) is 33.7 Å². The molecule has 0 heterocycles. The molecule has 2 aromatic carbocycles. The van der Waals surface area contributed by atoms with Gasteiger partial charge in [-0.2, -0.15) is 0 Å². The van der Waals surface area contributed by atoms with Crippen molar-refractivity contribution in [1.29, 1.82) is 0 Å². The molecule has 162 valence electrons. The zero-order valence-corrected chi connectivity index (χ0v) is 18.4. The molecule has 0 radical (unpaired) electrons. The molecule has 0 atom stereocenters. The molecule has 1 saturated carbocycles. The lowest BCUT2D eigenvalue weighted by atomic mass is 9.89. The average molecular weight is 454 g/mol. The van der Waals surface area contributed by atoms with Gasteiger partial charge in [-0.3, -0.25) is 4.79 Å². The molecule has 0 unspecified atom stereocenters. The molecule has 0 aromatic heterocycles. The van der Waals surface area contributed by atoms with E-state index in [0.717, 1.165) is 38.5 Å². The standard InChI is InChI=1S/C22H26Cl2FN3O2/c1-30-20-12-18(26)16(23)11-15(20)21(29)27-13-22(8-4-2-3-5-9-22)28-19-7-6-14(25)10-17(19)24/h6-7,10-12,28H,2-5,8-9,13,26H2,1H3,(H,27,29). The summed E-state index contributed by atoms with van der Waals surface area (Å²) in [6.45, 7) is 0.380. The van der Waals surface area contributed by atoms with Crippen LogP contribution in [-0.2, 0) is 0 Å². The first-order valence-corrected chi connectivity index (χ1v) is 10.7. The first kappa shape index (κ1) is 22.5. The first-order chi connectivity index (χ1) is 14.3. The zero-order valence-electron chi connectivity index (χ0n) is 16.9. The van der Waals surface area contributed by atoms with Gasteiger partial charge >= 0.3 is 0 Å². The Morgan fingerprint density at radius 2 is 1.83 bits per heavy atom. The summed E-state index contributed by atoms with van der Waals surface area (Å²) in [6.07, 6.45) is 6.05. The van der Waals surface area contributed by atoms with Gasteiger partial charge in [0.1, 0.15) is 11.6 Å². The van der Waals surface area contributed by atoms with Crippen LogP contribution in [-0.4, -0.2) is 25.1 Å². The van der Waals surface area contributed by atoms with Crippen LogP contribution >= 0.6 is 23.2 Å². The number of methoxy groups -OCH3 is 1. The number of rotatable bonds is 6. The van der Waals surface area contributed by atoms with Crippen LogP contribution < -0.4 is 21.1 Å². The van der Waals surface area contributed by atoms with E-state index < -0.39 is 5.54 Å². The molecular formula is C22H26Cl2FN3O2. The van der Waals surface area contributed by atoms with E-state index in [2.05, 4.69) is 10.6 Å². The van der Waals surface area contributed by atoms with Gasteiger partial charge in [-0.25, -0.2) is 4.39 Å². The van der Waals surface area contributed by atoms with Gasteiger partial charge in [0.05, 0.1) is 39.6 Å². The predicted octanol–water partition coefficient (Wildman–Crippen LogP) is 5.66. The van der Waals surface area contributed by atoms with Gasteiger partial charge in [0.25, 0.3) is 5.91 Å². The number of carbonyl (C=O) groups excluding carboxylic acids is 1. The summed E-state index contributed by atoms with van der Waals surface area (Å²) in [5.41, 5.74) is 6.74. The number of amides is 1. The summed E-state index contributed by atoms with van der Waals surface area (Å²) in [5.74, 6) is -0.329. The topological polar surface area (TPSA) is 76.4 Å². The summed E-state index contributed by atoms with van der Waals surface area (Å²) < 4.78 is 18.8. The Bertz CT molecular complexity index is 915. The van der Waals surface area contributed by atoms with Gasteiger partial charge in [0, 0.05) is 12.6 Å². The predicted molar refractivity (Wildman–Crippen MR) is 120 cm³/mol. The summed E-state index contributed by atoms with van der Waals surface area (Å²) in [4.78, 5) is 12.9. The third-order valence-electron chi connectivity index (χ3n) is 5.54. The molecule has 5 nitrogen and oxygen atoms in total. The van der Waals surface area contributed by atoms with Crippen LogP contribution in [0.5, 0.6) is 5.75 Å². The molecule has 1 fully saturated rings. The maximum atomic E-state index is 13.5. The number of anilines is 2. The largest absolute Gasteiger partial charge is 0.496 e. The fourth-order valence-corrected chi connectivity index (χ4v) is 4.27. The van der Waals surface area contributed by atoms with Crippen LogP contribution in [0.1, 0.15) is 48.9 Å². The highest BCUT2D eigenvalue weighted by Crippen LogP contribution is 2.34. The quantitative estimate of drug-likeness (QED) is 0.389. The highest BCUT2D eigenvalue weighted by atomic mass is 35.5. The summed E-state index contributed by atoms with van der Waals surface area (Å²) in [6, 6.07) is 7.34. The molecule has 0 bridgehead atoms. The summed E-state index contributed by atoms with van der Waals surface area (Å²) in [7, 11) is 1.48. The minimum absolute atomic E-state index is 0.293. The lowest BCUT2D eigenvalue weighted by Gasteiger charge is -2.36. The Labute approximate surface area is 186 Å². The number of nitrogens with one attached hydrogen (secondary N) is 2. The van der Waals surface area contributed by atoms with E-state index in [9.17, 15) is 9.18 Å². The highest BCUT2D eigenvalue weighted by Gasteiger charge is 2.32. The smallest absolute Gasteiger partial charge is 0.255 e. The average Bonchev–Trinajstić information content (AvgIpc) is 2.96. The Hall–Kier alpha value is -2.18. The second kappa shape index (κ2) is 9.75. The zero-order chi connectivity index (χ0) is 21.7. The number of benzene rings is 2. The minimum Gasteiger partial charge on any atom is -0.496 e. The van der Waals surface area contributed by atoms with Crippen molar-refractivity contribution in [2.45, 2.75) is 44.1 Å². The van der Waals surface area contributed by atoms with Crippen LogP contribution in [0.4, 0.5) is 15.8 Å². The van der Waals surface area contributed by atoms with Gasteiger partial charge in [-0.15, -0.1) is 0 Å². The van der Waals surface area contributed by atoms with Gasteiger partial charge in [0.2, 0.25) is 0 Å². The van der Waals surface area contributed by atoms with E-state index in [1.54, 1.807) is 6.07 Å². The molecule has 0 aliphatic heterocycles. The molecule has 3 rings (SSSR count). The van der Waals surface area contributed by atoms with Crippen LogP contribution in [0.3, 0.4) is 0 Å². The monoisotopic (exact) mass is 453 g/mol. The van der Waals surface area contributed by atoms with Gasteiger partial charge < -0.3 is 21.1 Å². The number of hydrogen-bond acceptors (Lipinski definition) is 4. The third kappa shape index (κ3) is 5.29. The van der Waals surface area contributed by atoms with Crippen LogP contribution in [0.2, 0.25) is 10.0 Å². The Morgan fingerprint density at radius 3 is 2.47 bits per heavy atom. The van der Waals surface area contributed by atoms with Crippen LogP contribution in [0.25, 0.3) is 0 Å². The number of hydrogen-bond donors (Lipinski definition) is 3. The molecular weight excluding hydrogens is 428 g/mol. The van der Waals surface area contributed by atoms with Crippen molar-refractivity contribution in [2.75, 3.05) is 24.7 Å². The van der Waals surface area contributed by atoms with Crippen molar-refractivity contribution in [3.8, 4) is 5.75 Å². The molecule has 2 aromatic rings. The van der Waals surface area contributed by atoms with Crippen molar-refractivity contribution in [1.82, 2.24) is 5.32 Å². The maximum Gasteiger partial charge on any atom is 0.255 e. The maximum absolute atomic E-state index is 13.5. The number of nitrogens with two attached hydrogens (primary N) is 1. The van der Waals surface area contributed by atoms with Crippen molar-refractivity contribution >= 4 is 40.5 Å². The van der Waals surface area contributed by atoms with Crippen LogP contribution in [0.15, 0.2) is 30.3 Å². The molecule has 8 heteroatoms. The fraction of sp³-hybridized carbons (Fsp3) is 0.409. The number of carbonyl (C=O) groups is 1. The lowest BCUT2D eigenvalue weighted by molar-refractivity contribution is 0.0940. The Morgan fingerprint density at radius 1 is 1.13 bits per heavy atom. The van der Waals surface area contributed by atoms with Crippen molar-refractivity contribution < 1.29 is 13.9 Å². The molecule has 30 heavy (non-hydrogen) atoms. The third-order valence-corrected chi connectivity index (χ3v) is 6.18. The normalized spacial score (nSPS) is 15.9. The van der Waals surface area contributed by atoms with E-state index >= 15 is 0 Å². The van der Waals surface area contributed by atoms with Gasteiger partial charge in [0.15, 0.2) is 0 Å².